The van der Waals surface area contributed by atoms with Crippen molar-refractivity contribution in [2.45, 2.75) is 25.9 Å². The zero-order valence-corrected chi connectivity index (χ0v) is 11.1. The second kappa shape index (κ2) is 6.34. The van der Waals surface area contributed by atoms with Crippen molar-refractivity contribution < 1.29 is 9.90 Å². The van der Waals surface area contributed by atoms with Crippen molar-refractivity contribution in [3.05, 3.63) is 48.0 Å². The summed E-state index contributed by atoms with van der Waals surface area (Å²) in [5.74, 6) is 0.0186. The Morgan fingerprint density at radius 2 is 1.95 bits per heavy atom. The van der Waals surface area contributed by atoms with Gasteiger partial charge in [0.2, 0.25) is 5.91 Å². The van der Waals surface area contributed by atoms with Crippen LogP contribution in [0.15, 0.2) is 42.5 Å². The van der Waals surface area contributed by atoms with E-state index in [1.165, 1.54) is 0 Å². The van der Waals surface area contributed by atoms with E-state index in [-0.39, 0.29) is 5.91 Å². The Labute approximate surface area is 113 Å². The molecule has 3 heteroatoms. The summed E-state index contributed by atoms with van der Waals surface area (Å²) in [6.45, 7) is 2.31. The molecular formula is C16H19NO2. The van der Waals surface area contributed by atoms with Crippen LogP contribution >= 0.6 is 0 Å². The maximum absolute atomic E-state index is 11.1. The lowest BCUT2D eigenvalue weighted by atomic mass is 9.99. The lowest BCUT2D eigenvalue weighted by Crippen LogP contribution is -2.24. The predicted octanol–water partition coefficient (Wildman–Crippen LogP) is 2.79. The van der Waals surface area contributed by atoms with Gasteiger partial charge in [-0.15, -0.1) is 0 Å². The first kappa shape index (κ1) is 13.6. The van der Waals surface area contributed by atoms with Crippen LogP contribution < -0.4 is 5.32 Å². The molecule has 0 aliphatic carbocycles. The molecule has 2 N–H and O–H groups in total. The maximum atomic E-state index is 11.1. The van der Waals surface area contributed by atoms with Crippen molar-refractivity contribution in [2.75, 3.05) is 6.54 Å². The molecule has 0 saturated carbocycles. The van der Waals surface area contributed by atoms with Gasteiger partial charge in [0.05, 0.1) is 6.10 Å². The highest BCUT2D eigenvalue weighted by molar-refractivity contribution is 5.86. The Balaban J connectivity index is 2.09. The van der Waals surface area contributed by atoms with E-state index in [2.05, 4.69) is 5.32 Å². The molecule has 3 nitrogen and oxygen atoms in total. The molecule has 0 bridgehead atoms. The molecule has 0 aliphatic rings. The number of fused-ring (bicyclic) bond motifs is 1. The third kappa shape index (κ3) is 3.32. The summed E-state index contributed by atoms with van der Waals surface area (Å²) in [4.78, 5) is 11.1. The number of benzene rings is 2. The maximum Gasteiger partial charge on any atom is 0.219 e. The van der Waals surface area contributed by atoms with Gasteiger partial charge in [-0.1, -0.05) is 49.4 Å². The normalized spacial score (nSPS) is 12.3. The highest BCUT2D eigenvalue weighted by atomic mass is 16.3. The predicted molar refractivity (Wildman–Crippen MR) is 76.8 cm³/mol. The van der Waals surface area contributed by atoms with E-state index in [0.29, 0.717) is 19.4 Å². The van der Waals surface area contributed by atoms with Crippen molar-refractivity contribution >= 4 is 16.7 Å². The zero-order chi connectivity index (χ0) is 13.7. The van der Waals surface area contributed by atoms with Crippen LogP contribution in [0, 0.1) is 0 Å². The first-order valence-corrected chi connectivity index (χ1v) is 6.64. The molecule has 100 valence electrons. The smallest absolute Gasteiger partial charge is 0.219 e. The fraction of sp³-hybridized carbons (Fsp3) is 0.312. The second-order valence-electron chi connectivity index (χ2n) is 4.58. The Bertz CT molecular complexity index is 560. The molecule has 0 radical (unpaired) electrons. The van der Waals surface area contributed by atoms with Gasteiger partial charge in [0.1, 0.15) is 0 Å². The van der Waals surface area contributed by atoms with Crippen molar-refractivity contribution in [3.8, 4) is 0 Å². The molecule has 2 aromatic carbocycles. The van der Waals surface area contributed by atoms with Crippen LogP contribution in [0.5, 0.6) is 0 Å². The van der Waals surface area contributed by atoms with Crippen LogP contribution in [0.2, 0.25) is 0 Å². The van der Waals surface area contributed by atoms with Gasteiger partial charge in [0.15, 0.2) is 0 Å². The number of amides is 1. The van der Waals surface area contributed by atoms with Crippen molar-refractivity contribution in [3.63, 3.8) is 0 Å². The van der Waals surface area contributed by atoms with Gasteiger partial charge >= 0.3 is 0 Å². The molecule has 19 heavy (non-hydrogen) atoms. The summed E-state index contributed by atoms with van der Waals surface area (Å²) in [5, 5.41) is 15.2. The first-order valence-electron chi connectivity index (χ1n) is 6.64. The zero-order valence-electron chi connectivity index (χ0n) is 11.1. The van der Waals surface area contributed by atoms with Gasteiger partial charge in [0, 0.05) is 13.0 Å². The lowest BCUT2D eigenvalue weighted by Gasteiger charge is -2.14. The van der Waals surface area contributed by atoms with E-state index in [4.69, 9.17) is 0 Å². The minimum Gasteiger partial charge on any atom is -0.388 e. The standard InChI is InChI=1S/C16H19NO2/c1-2-16(19)17-11-10-15(18)14-9-5-7-12-6-3-4-8-13(12)14/h3-9,15,18H,2,10-11H2,1H3,(H,17,19). The first-order chi connectivity index (χ1) is 9.22. The summed E-state index contributed by atoms with van der Waals surface area (Å²) in [5.41, 5.74) is 0.920. The second-order valence-corrected chi connectivity index (χ2v) is 4.58. The largest absolute Gasteiger partial charge is 0.388 e. The highest BCUT2D eigenvalue weighted by Gasteiger charge is 2.10. The Hall–Kier alpha value is -1.87. The third-order valence-corrected chi connectivity index (χ3v) is 3.24. The van der Waals surface area contributed by atoms with Crippen LogP contribution in [0.1, 0.15) is 31.4 Å². The van der Waals surface area contributed by atoms with Crippen LogP contribution in [0.3, 0.4) is 0 Å². The minimum atomic E-state index is -0.553. The molecule has 0 spiro atoms. The van der Waals surface area contributed by atoms with E-state index >= 15 is 0 Å². The quantitative estimate of drug-likeness (QED) is 0.865. The van der Waals surface area contributed by atoms with Crippen LogP contribution in [0.25, 0.3) is 10.8 Å². The van der Waals surface area contributed by atoms with Gasteiger partial charge in [-0.05, 0) is 22.8 Å². The van der Waals surface area contributed by atoms with Crippen molar-refractivity contribution in [1.29, 1.82) is 0 Å². The van der Waals surface area contributed by atoms with Gasteiger partial charge in [-0.2, -0.15) is 0 Å². The Morgan fingerprint density at radius 3 is 2.74 bits per heavy atom. The van der Waals surface area contributed by atoms with Crippen LogP contribution in [-0.4, -0.2) is 17.6 Å². The number of hydrogen-bond acceptors (Lipinski definition) is 2. The van der Waals surface area contributed by atoms with E-state index in [9.17, 15) is 9.90 Å². The fourth-order valence-corrected chi connectivity index (χ4v) is 2.17. The molecule has 0 saturated heterocycles. The van der Waals surface area contributed by atoms with Gasteiger partial charge in [-0.25, -0.2) is 0 Å². The number of aliphatic hydroxyl groups excluding tert-OH is 1. The monoisotopic (exact) mass is 257 g/mol. The average molecular weight is 257 g/mol. The van der Waals surface area contributed by atoms with E-state index < -0.39 is 6.10 Å². The topological polar surface area (TPSA) is 49.3 Å². The van der Waals surface area contributed by atoms with Crippen LogP contribution in [0.4, 0.5) is 0 Å². The van der Waals surface area contributed by atoms with Crippen molar-refractivity contribution in [2.24, 2.45) is 0 Å². The summed E-state index contributed by atoms with van der Waals surface area (Å²) >= 11 is 0. The van der Waals surface area contributed by atoms with Gasteiger partial charge < -0.3 is 10.4 Å². The minimum absolute atomic E-state index is 0.0186. The summed E-state index contributed by atoms with van der Waals surface area (Å²) in [6.07, 6.45) is 0.452. The SMILES string of the molecule is CCC(=O)NCCC(O)c1cccc2ccccc12. The van der Waals surface area contributed by atoms with Gasteiger partial charge in [0.25, 0.3) is 0 Å². The molecule has 1 atom stereocenters. The summed E-state index contributed by atoms with van der Waals surface area (Å²) in [7, 11) is 0. The summed E-state index contributed by atoms with van der Waals surface area (Å²) in [6, 6.07) is 13.9. The molecule has 2 rings (SSSR count). The molecule has 1 amide bonds. The number of aliphatic hydroxyl groups is 1. The molecule has 0 aromatic heterocycles. The van der Waals surface area contributed by atoms with E-state index in [1.54, 1.807) is 0 Å². The number of carbonyl (C=O) groups excluding carboxylic acids is 1. The number of carbonyl (C=O) groups is 1. The fourth-order valence-electron chi connectivity index (χ4n) is 2.17. The Kier molecular flexibility index (Phi) is 4.53. The molecule has 1 unspecified atom stereocenters. The molecular weight excluding hydrogens is 238 g/mol. The van der Waals surface area contributed by atoms with Crippen LogP contribution in [-0.2, 0) is 4.79 Å². The average Bonchev–Trinajstić information content (AvgIpc) is 2.46. The number of hydrogen-bond donors (Lipinski definition) is 2. The lowest BCUT2D eigenvalue weighted by molar-refractivity contribution is -0.120. The Morgan fingerprint density at radius 1 is 1.21 bits per heavy atom. The highest BCUT2D eigenvalue weighted by Crippen LogP contribution is 2.25. The number of nitrogens with one attached hydrogen (secondary N) is 1. The molecule has 0 aliphatic heterocycles. The van der Waals surface area contributed by atoms with E-state index in [1.807, 2.05) is 49.4 Å². The van der Waals surface area contributed by atoms with E-state index in [0.717, 1.165) is 16.3 Å². The molecule has 0 heterocycles. The third-order valence-electron chi connectivity index (χ3n) is 3.24. The summed E-state index contributed by atoms with van der Waals surface area (Å²) < 4.78 is 0. The molecule has 0 fully saturated rings. The molecule has 2 aromatic rings. The van der Waals surface area contributed by atoms with Gasteiger partial charge in [-0.3, -0.25) is 4.79 Å². The number of rotatable bonds is 5. The van der Waals surface area contributed by atoms with Crippen molar-refractivity contribution in [1.82, 2.24) is 5.32 Å².